The molecule has 1 heterocycles. The number of carbonyl (C=O) groups is 1. The summed E-state index contributed by atoms with van der Waals surface area (Å²) in [7, 11) is 0. The Labute approximate surface area is 113 Å². The van der Waals surface area contributed by atoms with Crippen LogP contribution in [0.15, 0.2) is 29.2 Å². The zero-order valence-corrected chi connectivity index (χ0v) is 11.2. The Balaban J connectivity index is 1.72. The van der Waals surface area contributed by atoms with E-state index < -0.39 is 0 Å². The van der Waals surface area contributed by atoms with Crippen LogP contribution in [0.2, 0.25) is 0 Å². The molecule has 5 heteroatoms. The highest BCUT2D eigenvalue weighted by Crippen LogP contribution is 2.07. The standard InChI is InChI=1S/C13H19N3OS/c17-13(11-1-3-12(18)4-2-11)15-7-10-16-8-5-14-6-9-16/h1-4,14,18H,5-10H2,(H,15,17). The van der Waals surface area contributed by atoms with E-state index >= 15 is 0 Å². The molecule has 1 aliphatic heterocycles. The molecule has 4 nitrogen and oxygen atoms in total. The molecule has 0 spiro atoms. The topological polar surface area (TPSA) is 44.4 Å². The molecule has 1 fully saturated rings. The number of rotatable bonds is 4. The number of amides is 1. The fraction of sp³-hybridized carbons (Fsp3) is 0.462. The molecule has 0 unspecified atom stereocenters. The molecule has 2 rings (SSSR count). The molecule has 0 saturated carbocycles. The van der Waals surface area contributed by atoms with Crippen LogP contribution < -0.4 is 10.6 Å². The Kier molecular flexibility index (Phi) is 5.04. The monoisotopic (exact) mass is 265 g/mol. The Morgan fingerprint density at radius 2 is 1.94 bits per heavy atom. The van der Waals surface area contributed by atoms with Crippen molar-refractivity contribution < 1.29 is 4.79 Å². The number of thiol groups is 1. The van der Waals surface area contributed by atoms with Gasteiger partial charge in [0, 0.05) is 49.7 Å². The molecule has 0 radical (unpaired) electrons. The van der Waals surface area contributed by atoms with Gasteiger partial charge in [-0.2, -0.15) is 0 Å². The van der Waals surface area contributed by atoms with E-state index in [-0.39, 0.29) is 5.91 Å². The molecule has 1 aromatic rings. The minimum Gasteiger partial charge on any atom is -0.351 e. The van der Waals surface area contributed by atoms with Crippen LogP contribution in [0.1, 0.15) is 10.4 Å². The normalized spacial score (nSPS) is 16.5. The van der Waals surface area contributed by atoms with Crippen molar-refractivity contribution in [2.75, 3.05) is 39.3 Å². The lowest BCUT2D eigenvalue weighted by atomic mass is 10.2. The van der Waals surface area contributed by atoms with Crippen molar-refractivity contribution in [3.63, 3.8) is 0 Å². The van der Waals surface area contributed by atoms with Gasteiger partial charge in [-0.15, -0.1) is 12.6 Å². The smallest absolute Gasteiger partial charge is 0.251 e. The summed E-state index contributed by atoms with van der Waals surface area (Å²) in [5.74, 6) is -0.0153. The van der Waals surface area contributed by atoms with E-state index in [2.05, 4.69) is 28.2 Å². The maximum atomic E-state index is 11.8. The third kappa shape index (κ3) is 4.01. The molecular weight excluding hydrogens is 246 g/mol. The van der Waals surface area contributed by atoms with E-state index in [9.17, 15) is 4.79 Å². The second-order valence-electron chi connectivity index (χ2n) is 4.39. The summed E-state index contributed by atoms with van der Waals surface area (Å²) in [5.41, 5.74) is 0.688. The van der Waals surface area contributed by atoms with Crippen molar-refractivity contribution in [3.8, 4) is 0 Å². The first kappa shape index (κ1) is 13.4. The number of benzene rings is 1. The van der Waals surface area contributed by atoms with Gasteiger partial charge in [0.25, 0.3) is 5.91 Å². The number of hydrogen-bond acceptors (Lipinski definition) is 4. The lowest BCUT2D eigenvalue weighted by Gasteiger charge is -2.27. The molecule has 0 aromatic heterocycles. The van der Waals surface area contributed by atoms with Crippen molar-refractivity contribution in [1.29, 1.82) is 0 Å². The highest BCUT2D eigenvalue weighted by Gasteiger charge is 2.09. The number of nitrogens with one attached hydrogen (secondary N) is 2. The fourth-order valence-electron chi connectivity index (χ4n) is 1.98. The molecule has 0 aliphatic carbocycles. The van der Waals surface area contributed by atoms with E-state index in [4.69, 9.17) is 0 Å². The molecule has 1 amide bonds. The van der Waals surface area contributed by atoms with Gasteiger partial charge in [-0.1, -0.05) is 0 Å². The maximum absolute atomic E-state index is 11.8. The van der Waals surface area contributed by atoms with Crippen molar-refractivity contribution in [3.05, 3.63) is 29.8 Å². The lowest BCUT2D eigenvalue weighted by molar-refractivity contribution is 0.0947. The average Bonchev–Trinajstić information content (AvgIpc) is 2.40. The lowest BCUT2D eigenvalue weighted by Crippen LogP contribution is -2.46. The Morgan fingerprint density at radius 3 is 2.61 bits per heavy atom. The van der Waals surface area contributed by atoms with Crippen molar-refractivity contribution in [1.82, 2.24) is 15.5 Å². The van der Waals surface area contributed by atoms with Gasteiger partial charge in [-0.05, 0) is 24.3 Å². The van der Waals surface area contributed by atoms with Crippen molar-refractivity contribution in [2.24, 2.45) is 0 Å². The highest BCUT2D eigenvalue weighted by atomic mass is 32.1. The van der Waals surface area contributed by atoms with Crippen LogP contribution in [0.3, 0.4) is 0 Å². The summed E-state index contributed by atoms with van der Waals surface area (Å²) in [4.78, 5) is 15.1. The van der Waals surface area contributed by atoms with Gasteiger partial charge in [-0.25, -0.2) is 0 Å². The van der Waals surface area contributed by atoms with Crippen LogP contribution in [-0.4, -0.2) is 50.1 Å². The molecular formula is C13H19N3OS. The molecule has 2 N–H and O–H groups in total. The first-order chi connectivity index (χ1) is 8.75. The molecule has 1 saturated heterocycles. The van der Waals surface area contributed by atoms with Crippen LogP contribution in [0.25, 0.3) is 0 Å². The Bertz CT molecular complexity index is 388. The molecule has 1 aromatic carbocycles. The first-order valence-electron chi connectivity index (χ1n) is 6.26. The number of hydrogen-bond donors (Lipinski definition) is 3. The van der Waals surface area contributed by atoms with Crippen LogP contribution in [0.4, 0.5) is 0 Å². The largest absolute Gasteiger partial charge is 0.351 e. The quantitative estimate of drug-likeness (QED) is 0.699. The number of nitrogens with zero attached hydrogens (tertiary/aromatic N) is 1. The summed E-state index contributed by atoms with van der Waals surface area (Å²) in [5, 5.41) is 6.25. The van der Waals surface area contributed by atoms with Gasteiger partial charge in [0.1, 0.15) is 0 Å². The van der Waals surface area contributed by atoms with E-state index in [1.807, 2.05) is 12.1 Å². The molecule has 98 valence electrons. The number of carbonyl (C=O) groups excluding carboxylic acids is 1. The molecule has 18 heavy (non-hydrogen) atoms. The molecule has 0 atom stereocenters. The third-order valence-corrected chi connectivity index (χ3v) is 3.35. The minimum absolute atomic E-state index is 0.0153. The zero-order valence-electron chi connectivity index (χ0n) is 10.4. The summed E-state index contributed by atoms with van der Waals surface area (Å²) in [6, 6.07) is 7.24. The van der Waals surface area contributed by atoms with Gasteiger partial charge in [0.05, 0.1) is 0 Å². The summed E-state index contributed by atoms with van der Waals surface area (Å²) in [6.45, 7) is 5.81. The van der Waals surface area contributed by atoms with E-state index in [0.29, 0.717) is 12.1 Å². The van der Waals surface area contributed by atoms with E-state index in [1.165, 1.54) is 0 Å². The van der Waals surface area contributed by atoms with Crippen LogP contribution in [0, 0.1) is 0 Å². The van der Waals surface area contributed by atoms with E-state index in [1.54, 1.807) is 12.1 Å². The Morgan fingerprint density at radius 1 is 1.28 bits per heavy atom. The summed E-state index contributed by atoms with van der Waals surface area (Å²) in [6.07, 6.45) is 0. The predicted molar refractivity (Wildman–Crippen MR) is 75.3 cm³/mol. The van der Waals surface area contributed by atoms with Gasteiger partial charge in [0.2, 0.25) is 0 Å². The van der Waals surface area contributed by atoms with Gasteiger partial charge >= 0.3 is 0 Å². The third-order valence-electron chi connectivity index (χ3n) is 3.05. The number of piperazine rings is 1. The zero-order chi connectivity index (χ0) is 12.8. The van der Waals surface area contributed by atoms with Crippen LogP contribution in [-0.2, 0) is 0 Å². The first-order valence-corrected chi connectivity index (χ1v) is 6.71. The second kappa shape index (κ2) is 6.78. The van der Waals surface area contributed by atoms with E-state index in [0.717, 1.165) is 37.6 Å². The van der Waals surface area contributed by atoms with Gasteiger partial charge < -0.3 is 10.6 Å². The molecule has 1 aliphatic rings. The summed E-state index contributed by atoms with van der Waals surface area (Å²) >= 11 is 4.20. The van der Waals surface area contributed by atoms with Crippen LogP contribution >= 0.6 is 12.6 Å². The Hall–Kier alpha value is -1.04. The van der Waals surface area contributed by atoms with Crippen molar-refractivity contribution >= 4 is 18.5 Å². The van der Waals surface area contributed by atoms with Crippen molar-refractivity contribution in [2.45, 2.75) is 4.90 Å². The van der Waals surface area contributed by atoms with Crippen LogP contribution in [0.5, 0.6) is 0 Å². The fourth-order valence-corrected chi connectivity index (χ4v) is 2.13. The predicted octanol–water partition coefficient (Wildman–Crippen LogP) is 0.610. The van der Waals surface area contributed by atoms with Gasteiger partial charge in [0.15, 0.2) is 0 Å². The average molecular weight is 265 g/mol. The summed E-state index contributed by atoms with van der Waals surface area (Å²) < 4.78 is 0. The minimum atomic E-state index is -0.0153. The van der Waals surface area contributed by atoms with Gasteiger partial charge in [-0.3, -0.25) is 9.69 Å². The second-order valence-corrected chi connectivity index (χ2v) is 4.91. The SMILES string of the molecule is O=C(NCCN1CCNCC1)c1ccc(S)cc1. The maximum Gasteiger partial charge on any atom is 0.251 e. The molecule has 0 bridgehead atoms. The highest BCUT2D eigenvalue weighted by molar-refractivity contribution is 7.80.